The van der Waals surface area contributed by atoms with E-state index in [0.717, 1.165) is 12.8 Å². The van der Waals surface area contributed by atoms with Gasteiger partial charge in [-0.2, -0.15) is 0 Å². The summed E-state index contributed by atoms with van der Waals surface area (Å²) in [4.78, 5) is 11.1. The molecule has 0 aromatic heterocycles. The molecule has 1 saturated heterocycles. The maximum absolute atomic E-state index is 11.1. The monoisotopic (exact) mass is 312 g/mol. The summed E-state index contributed by atoms with van der Waals surface area (Å²) in [5.41, 5.74) is 0. The second-order valence-corrected chi connectivity index (χ2v) is 6.69. The maximum atomic E-state index is 11.1. The highest BCUT2D eigenvalue weighted by Gasteiger charge is 2.25. The number of hydrogen-bond donors (Lipinski definition) is 0. The summed E-state index contributed by atoms with van der Waals surface area (Å²) in [6.45, 7) is 2.27. The molecule has 0 amide bonds. The summed E-state index contributed by atoms with van der Waals surface area (Å²) in [6, 6.07) is 0. The zero-order valence-corrected chi connectivity index (χ0v) is 14.8. The summed E-state index contributed by atoms with van der Waals surface area (Å²) in [5, 5.41) is 0. The Balaban J connectivity index is 1.89. The van der Waals surface area contributed by atoms with Gasteiger partial charge in [0.15, 0.2) is 0 Å². The lowest BCUT2D eigenvalue weighted by atomic mass is 10.0. The highest BCUT2D eigenvalue weighted by molar-refractivity contribution is 5.69. The van der Waals surface area contributed by atoms with Crippen molar-refractivity contribution in [2.45, 2.75) is 109 Å². The predicted octanol–water partition coefficient (Wildman–Crippen LogP) is 5.41. The average molecular weight is 312 g/mol. The fourth-order valence-electron chi connectivity index (χ4n) is 3.27. The number of esters is 1. The SMILES string of the molecule is CCCCCCCCCCC[C@H]1CC[C@H](CCC(=O)OC)O1. The molecule has 3 heteroatoms. The summed E-state index contributed by atoms with van der Waals surface area (Å²) >= 11 is 0. The summed E-state index contributed by atoms with van der Waals surface area (Å²) in [5.74, 6) is -0.119. The minimum atomic E-state index is -0.119. The molecule has 1 fully saturated rings. The first-order chi connectivity index (χ1) is 10.8. The lowest BCUT2D eigenvalue weighted by Gasteiger charge is -2.13. The second kappa shape index (κ2) is 12.9. The molecule has 1 heterocycles. The maximum Gasteiger partial charge on any atom is 0.305 e. The highest BCUT2D eigenvalue weighted by Crippen LogP contribution is 2.26. The van der Waals surface area contributed by atoms with Crippen LogP contribution < -0.4 is 0 Å². The molecule has 0 N–H and O–H groups in total. The van der Waals surface area contributed by atoms with E-state index in [4.69, 9.17) is 4.74 Å². The Morgan fingerprint density at radius 1 is 0.909 bits per heavy atom. The fourth-order valence-corrected chi connectivity index (χ4v) is 3.27. The van der Waals surface area contributed by atoms with E-state index in [1.807, 2.05) is 0 Å². The lowest BCUT2D eigenvalue weighted by Crippen LogP contribution is -2.13. The van der Waals surface area contributed by atoms with Gasteiger partial charge in [0.25, 0.3) is 0 Å². The molecular weight excluding hydrogens is 276 g/mol. The van der Waals surface area contributed by atoms with Gasteiger partial charge in [0.1, 0.15) is 0 Å². The molecule has 0 saturated carbocycles. The van der Waals surface area contributed by atoms with Crippen LogP contribution >= 0.6 is 0 Å². The molecule has 0 radical (unpaired) electrons. The summed E-state index contributed by atoms with van der Waals surface area (Å²) in [7, 11) is 1.45. The van der Waals surface area contributed by atoms with Gasteiger partial charge in [0.05, 0.1) is 19.3 Å². The number of carbonyl (C=O) groups is 1. The Morgan fingerprint density at radius 2 is 1.45 bits per heavy atom. The third kappa shape index (κ3) is 9.45. The molecule has 1 aliphatic heterocycles. The molecule has 0 aliphatic carbocycles. The van der Waals surface area contributed by atoms with Crippen LogP contribution in [0.5, 0.6) is 0 Å². The number of hydrogen-bond acceptors (Lipinski definition) is 3. The molecule has 0 aromatic rings. The minimum Gasteiger partial charge on any atom is -0.469 e. The Morgan fingerprint density at radius 3 is 2.05 bits per heavy atom. The van der Waals surface area contributed by atoms with Crippen molar-refractivity contribution in [3.8, 4) is 0 Å². The van der Waals surface area contributed by atoms with Crippen LogP contribution in [0.1, 0.15) is 96.8 Å². The van der Waals surface area contributed by atoms with Gasteiger partial charge in [-0.15, -0.1) is 0 Å². The van der Waals surface area contributed by atoms with Crippen LogP contribution in [0.3, 0.4) is 0 Å². The third-order valence-corrected chi connectivity index (χ3v) is 4.72. The molecule has 1 aliphatic rings. The zero-order valence-electron chi connectivity index (χ0n) is 14.8. The van der Waals surface area contributed by atoms with Crippen molar-refractivity contribution in [2.24, 2.45) is 0 Å². The van der Waals surface area contributed by atoms with Crippen LogP contribution in [0.2, 0.25) is 0 Å². The van der Waals surface area contributed by atoms with Crippen LogP contribution in [0.25, 0.3) is 0 Å². The summed E-state index contributed by atoms with van der Waals surface area (Å²) in [6.07, 6.45) is 17.9. The molecular formula is C19H36O3. The first-order valence-electron chi connectivity index (χ1n) is 9.48. The van der Waals surface area contributed by atoms with Crippen LogP contribution in [-0.4, -0.2) is 25.3 Å². The number of carbonyl (C=O) groups excluding carboxylic acids is 1. The Labute approximate surface area is 137 Å². The third-order valence-electron chi connectivity index (χ3n) is 4.72. The van der Waals surface area contributed by atoms with Gasteiger partial charge < -0.3 is 9.47 Å². The molecule has 2 atom stereocenters. The number of rotatable bonds is 13. The van der Waals surface area contributed by atoms with Crippen LogP contribution in [0.15, 0.2) is 0 Å². The topological polar surface area (TPSA) is 35.5 Å². The quantitative estimate of drug-likeness (QED) is 0.337. The first kappa shape index (κ1) is 19.5. The average Bonchev–Trinajstić information content (AvgIpc) is 2.99. The molecule has 1 rings (SSSR count). The van der Waals surface area contributed by atoms with Crippen LogP contribution in [0.4, 0.5) is 0 Å². The van der Waals surface area contributed by atoms with Gasteiger partial charge in [-0.3, -0.25) is 4.79 Å². The normalized spacial score (nSPS) is 21.2. The van der Waals surface area contributed by atoms with Crippen molar-refractivity contribution in [1.29, 1.82) is 0 Å². The van der Waals surface area contributed by atoms with E-state index in [-0.39, 0.29) is 12.1 Å². The van der Waals surface area contributed by atoms with E-state index in [9.17, 15) is 4.79 Å². The van der Waals surface area contributed by atoms with Crippen molar-refractivity contribution < 1.29 is 14.3 Å². The molecule has 22 heavy (non-hydrogen) atoms. The standard InChI is InChI=1S/C19H36O3/c1-3-4-5-6-7-8-9-10-11-12-17-13-14-18(22-17)15-16-19(20)21-2/h17-18H,3-16H2,1-2H3/t17-,18+/m0/s1. The Kier molecular flexibility index (Phi) is 11.4. The Bertz CT molecular complexity index is 278. The molecule has 3 nitrogen and oxygen atoms in total. The number of ether oxygens (including phenoxy) is 2. The van der Waals surface area contributed by atoms with E-state index >= 15 is 0 Å². The minimum absolute atomic E-state index is 0.119. The van der Waals surface area contributed by atoms with Gasteiger partial charge in [0, 0.05) is 6.42 Å². The van der Waals surface area contributed by atoms with Crippen molar-refractivity contribution in [3.05, 3.63) is 0 Å². The fraction of sp³-hybridized carbons (Fsp3) is 0.947. The number of unbranched alkanes of at least 4 members (excludes halogenated alkanes) is 8. The van der Waals surface area contributed by atoms with Gasteiger partial charge in [-0.25, -0.2) is 0 Å². The van der Waals surface area contributed by atoms with Gasteiger partial charge in [0.2, 0.25) is 0 Å². The lowest BCUT2D eigenvalue weighted by molar-refractivity contribution is -0.141. The highest BCUT2D eigenvalue weighted by atomic mass is 16.5. The van der Waals surface area contributed by atoms with E-state index in [1.54, 1.807) is 0 Å². The van der Waals surface area contributed by atoms with Crippen LogP contribution in [0, 0.1) is 0 Å². The number of methoxy groups -OCH3 is 1. The van der Waals surface area contributed by atoms with Gasteiger partial charge in [-0.05, 0) is 25.7 Å². The molecule has 0 unspecified atom stereocenters. The van der Waals surface area contributed by atoms with Gasteiger partial charge >= 0.3 is 5.97 Å². The predicted molar refractivity (Wildman–Crippen MR) is 91.0 cm³/mol. The van der Waals surface area contributed by atoms with Crippen LogP contribution in [-0.2, 0) is 14.3 Å². The zero-order chi connectivity index (χ0) is 16.0. The van der Waals surface area contributed by atoms with Crippen molar-refractivity contribution >= 4 is 5.97 Å². The van der Waals surface area contributed by atoms with E-state index in [1.165, 1.54) is 77.7 Å². The van der Waals surface area contributed by atoms with E-state index in [0.29, 0.717) is 12.5 Å². The van der Waals surface area contributed by atoms with E-state index < -0.39 is 0 Å². The first-order valence-corrected chi connectivity index (χ1v) is 9.48. The molecule has 0 aromatic carbocycles. The van der Waals surface area contributed by atoms with Crippen molar-refractivity contribution in [3.63, 3.8) is 0 Å². The smallest absolute Gasteiger partial charge is 0.305 e. The van der Waals surface area contributed by atoms with Crippen molar-refractivity contribution in [1.82, 2.24) is 0 Å². The summed E-state index contributed by atoms with van der Waals surface area (Å²) < 4.78 is 10.7. The molecule has 0 spiro atoms. The molecule has 0 bridgehead atoms. The Hall–Kier alpha value is -0.570. The van der Waals surface area contributed by atoms with Gasteiger partial charge in [-0.1, -0.05) is 64.7 Å². The largest absolute Gasteiger partial charge is 0.469 e. The van der Waals surface area contributed by atoms with Crippen molar-refractivity contribution in [2.75, 3.05) is 7.11 Å². The molecule has 130 valence electrons. The second-order valence-electron chi connectivity index (χ2n) is 6.69. The van der Waals surface area contributed by atoms with E-state index in [2.05, 4.69) is 11.7 Å².